The lowest BCUT2D eigenvalue weighted by atomic mass is 10.2. The van der Waals surface area contributed by atoms with Gasteiger partial charge in [-0.25, -0.2) is 0 Å². The van der Waals surface area contributed by atoms with Gasteiger partial charge in [-0.05, 0) is 11.6 Å². The lowest BCUT2D eigenvalue weighted by Gasteiger charge is -2.34. The molecule has 0 unspecified atom stereocenters. The van der Waals surface area contributed by atoms with Gasteiger partial charge in [-0.2, -0.15) is 0 Å². The Bertz CT molecular complexity index is 416. The summed E-state index contributed by atoms with van der Waals surface area (Å²) in [4.78, 5) is 5.29. The molecule has 0 bridgehead atoms. The molecular weight excluding hydrogens is 266 g/mol. The van der Waals surface area contributed by atoms with E-state index in [0.717, 1.165) is 44.3 Å². The molecule has 0 spiro atoms. The van der Waals surface area contributed by atoms with Gasteiger partial charge >= 0.3 is 0 Å². The minimum absolute atomic E-state index is 0.578. The first kappa shape index (κ1) is 13.7. The first-order valence-electron chi connectivity index (χ1n) is 6.11. The number of nitrogens with zero attached hydrogens (tertiary/aromatic N) is 2. The Morgan fingerprint density at radius 1 is 1.17 bits per heavy atom. The van der Waals surface area contributed by atoms with Crippen LogP contribution in [0.15, 0.2) is 24.3 Å². The molecule has 0 atom stereocenters. The lowest BCUT2D eigenvalue weighted by Crippen LogP contribution is -2.48. The fourth-order valence-corrected chi connectivity index (χ4v) is 2.57. The first-order chi connectivity index (χ1) is 8.65. The number of thiocarbonyl (C=S) groups is 1. The molecule has 1 heterocycles. The van der Waals surface area contributed by atoms with Gasteiger partial charge < -0.3 is 5.73 Å². The molecule has 1 saturated heterocycles. The summed E-state index contributed by atoms with van der Waals surface area (Å²) in [5, 5.41) is 0.850. The lowest BCUT2D eigenvalue weighted by molar-refractivity contribution is 0.140. The van der Waals surface area contributed by atoms with E-state index in [0.29, 0.717) is 4.99 Å². The van der Waals surface area contributed by atoms with Crippen LogP contribution in [0.5, 0.6) is 0 Å². The zero-order valence-electron chi connectivity index (χ0n) is 10.3. The molecule has 0 aliphatic carbocycles. The molecule has 5 heteroatoms. The maximum atomic E-state index is 6.17. The fourth-order valence-electron chi connectivity index (χ4n) is 2.19. The van der Waals surface area contributed by atoms with Gasteiger partial charge in [-0.15, -0.1) is 0 Å². The molecule has 0 aromatic heterocycles. The van der Waals surface area contributed by atoms with Gasteiger partial charge in [0, 0.05) is 44.3 Å². The highest BCUT2D eigenvalue weighted by Crippen LogP contribution is 2.17. The van der Waals surface area contributed by atoms with Crippen LogP contribution in [0.4, 0.5) is 0 Å². The third-order valence-corrected chi connectivity index (χ3v) is 3.69. The second-order valence-electron chi connectivity index (χ2n) is 4.61. The Balaban J connectivity index is 1.84. The van der Waals surface area contributed by atoms with Crippen LogP contribution < -0.4 is 5.73 Å². The third-order valence-electron chi connectivity index (χ3n) is 3.20. The van der Waals surface area contributed by atoms with Crippen molar-refractivity contribution < 1.29 is 0 Å². The van der Waals surface area contributed by atoms with Crippen LogP contribution in [0.3, 0.4) is 0 Å². The zero-order valence-corrected chi connectivity index (χ0v) is 11.9. The number of nitrogens with two attached hydrogens (primary N) is 1. The average Bonchev–Trinajstić information content (AvgIpc) is 2.34. The first-order valence-corrected chi connectivity index (χ1v) is 6.90. The summed E-state index contributed by atoms with van der Waals surface area (Å²) in [6, 6.07) is 8.03. The topological polar surface area (TPSA) is 32.5 Å². The van der Waals surface area contributed by atoms with Crippen molar-refractivity contribution in [3.8, 4) is 0 Å². The number of halogens is 1. The average molecular weight is 284 g/mol. The van der Waals surface area contributed by atoms with Gasteiger partial charge in [-0.1, -0.05) is 42.0 Å². The van der Waals surface area contributed by atoms with Crippen molar-refractivity contribution in [2.45, 2.75) is 6.54 Å². The predicted molar refractivity (Wildman–Crippen MR) is 80.0 cm³/mol. The monoisotopic (exact) mass is 283 g/mol. The SMILES string of the molecule is NC(=S)CN1CCN(Cc2ccccc2Cl)CC1. The maximum Gasteiger partial charge on any atom is 0.0870 e. The molecule has 1 aromatic rings. The van der Waals surface area contributed by atoms with Crippen molar-refractivity contribution in [1.29, 1.82) is 0 Å². The number of benzene rings is 1. The Kier molecular flexibility index (Phi) is 4.95. The molecule has 0 radical (unpaired) electrons. The third kappa shape index (κ3) is 3.92. The smallest absolute Gasteiger partial charge is 0.0870 e. The molecule has 2 rings (SSSR count). The second-order valence-corrected chi connectivity index (χ2v) is 5.54. The fraction of sp³-hybridized carbons (Fsp3) is 0.462. The summed E-state index contributed by atoms with van der Waals surface area (Å²) in [5.41, 5.74) is 6.76. The molecule has 1 fully saturated rings. The minimum atomic E-state index is 0.578. The van der Waals surface area contributed by atoms with Crippen LogP contribution in [-0.4, -0.2) is 47.5 Å². The molecule has 0 saturated carbocycles. The Hall–Kier alpha value is -0.680. The van der Waals surface area contributed by atoms with Gasteiger partial charge in [0.05, 0.1) is 4.99 Å². The van der Waals surface area contributed by atoms with E-state index in [1.165, 1.54) is 5.56 Å². The highest BCUT2D eigenvalue weighted by Gasteiger charge is 2.17. The maximum absolute atomic E-state index is 6.17. The molecule has 98 valence electrons. The Morgan fingerprint density at radius 2 is 1.78 bits per heavy atom. The molecule has 1 aliphatic heterocycles. The molecule has 3 nitrogen and oxygen atoms in total. The van der Waals surface area contributed by atoms with Crippen molar-refractivity contribution in [2.24, 2.45) is 5.73 Å². The number of rotatable bonds is 4. The van der Waals surface area contributed by atoms with Crippen LogP contribution in [-0.2, 0) is 6.54 Å². The minimum Gasteiger partial charge on any atom is -0.392 e. The summed E-state index contributed by atoms with van der Waals surface area (Å²) in [7, 11) is 0. The van der Waals surface area contributed by atoms with Gasteiger partial charge in [0.15, 0.2) is 0 Å². The Labute approximate surface area is 119 Å². The normalized spacial score (nSPS) is 17.8. The molecule has 1 aromatic carbocycles. The van der Waals surface area contributed by atoms with E-state index in [9.17, 15) is 0 Å². The van der Waals surface area contributed by atoms with E-state index in [1.54, 1.807) is 0 Å². The molecule has 18 heavy (non-hydrogen) atoms. The molecule has 1 aliphatic rings. The van der Waals surface area contributed by atoms with Crippen molar-refractivity contribution in [1.82, 2.24) is 9.80 Å². The largest absolute Gasteiger partial charge is 0.392 e. The van der Waals surface area contributed by atoms with Gasteiger partial charge in [-0.3, -0.25) is 9.80 Å². The van der Waals surface area contributed by atoms with Crippen LogP contribution in [0.25, 0.3) is 0 Å². The van der Waals surface area contributed by atoms with E-state index in [1.807, 2.05) is 18.2 Å². The number of hydrogen-bond acceptors (Lipinski definition) is 3. The summed E-state index contributed by atoms with van der Waals surface area (Å²) in [5.74, 6) is 0. The van der Waals surface area contributed by atoms with E-state index in [-0.39, 0.29) is 0 Å². The van der Waals surface area contributed by atoms with Crippen LogP contribution in [0, 0.1) is 0 Å². The zero-order chi connectivity index (χ0) is 13.0. The van der Waals surface area contributed by atoms with Crippen molar-refractivity contribution in [3.05, 3.63) is 34.9 Å². The van der Waals surface area contributed by atoms with Gasteiger partial charge in [0.25, 0.3) is 0 Å². The van der Waals surface area contributed by atoms with Gasteiger partial charge in [0.2, 0.25) is 0 Å². The second kappa shape index (κ2) is 6.48. The van der Waals surface area contributed by atoms with Crippen molar-refractivity contribution in [3.63, 3.8) is 0 Å². The molecule has 2 N–H and O–H groups in total. The summed E-state index contributed by atoms with van der Waals surface area (Å²) in [6.45, 7) is 5.75. The quantitative estimate of drug-likeness (QED) is 0.854. The van der Waals surface area contributed by atoms with E-state index in [2.05, 4.69) is 15.9 Å². The van der Waals surface area contributed by atoms with Crippen molar-refractivity contribution >= 4 is 28.8 Å². The van der Waals surface area contributed by atoms with Crippen LogP contribution in [0.1, 0.15) is 5.56 Å². The molecular formula is C13H18ClN3S. The Morgan fingerprint density at radius 3 is 2.39 bits per heavy atom. The number of piperazine rings is 1. The highest BCUT2D eigenvalue weighted by atomic mass is 35.5. The summed E-state index contributed by atoms with van der Waals surface area (Å²) < 4.78 is 0. The molecule has 0 amide bonds. The summed E-state index contributed by atoms with van der Waals surface area (Å²) >= 11 is 11.1. The highest BCUT2D eigenvalue weighted by molar-refractivity contribution is 7.80. The van der Waals surface area contributed by atoms with Crippen molar-refractivity contribution in [2.75, 3.05) is 32.7 Å². The van der Waals surface area contributed by atoms with E-state index in [4.69, 9.17) is 29.6 Å². The summed E-state index contributed by atoms with van der Waals surface area (Å²) in [6.07, 6.45) is 0. The van der Waals surface area contributed by atoms with E-state index >= 15 is 0 Å². The van der Waals surface area contributed by atoms with Crippen LogP contribution in [0.2, 0.25) is 5.02 Å². The van der Waals surface area contributed by atoms with E-state index < -0.39 is 0 Å². The predicted octanol–water partition coefficient (Wildman–Crippen LogP) is 1.74. The van der Waals surface area contributed by atoms with Gasteiger partial charge in [0.1, 0.15) is 0 Å². The standard InChI is InChI=1S/C13H18ClN3S/c14-12-4-2-1-3-11(12)9-16-5-7-17(8-6-16)10-13(15)18/h1-4H,5-10H2,(H2,15,18). The number of hydrogen-bond donors (Lipinski definition) is 1. The van der Waals surface area contributed by atoms with Crippen LogP contribution >= 0.6 is 23.8 Å².